The lowest BCUT2D eigenvalue weighted by molar-refractivity contribution is 0.175. The summed E-state index contributed by atoms with van der Waals surface area (Å²) in [6.07, 6.45) is 1.18. The van der Waals surface area contributed by atoms with E-state index in [9.17, 15) is 0 Å². The number of aromatic nitrogens is 4. The Bertz CT molecular complexity index is 863. The molecule has 0 N–H and O–H groups in total. The lowest BCUT2D eigenvalue weighted by Crippen LogP contribution is -2.38. The van der Waals surface area contributed by atoms with Crippen LogP contribution in [0.1, 0.15) is 37.7 Å². The monoisotopic (exact) mass is 376 g/mol. The van der Waals surface area contributed by atoms with E-state index >= 15 is 0 Å². The quantitative estimate of drug-likeness (QED) is 0.633. The Morgan fingerprint density at radius 2 is 1.79 bits per heavy atom. The van der Waals surface area contributed by atoms with E-state index < -0.39 is 0 Å². The van der Waals surface area contributed by atoms with Gasteiger partial charge in [-0.3, -0.25) is 9.80 Å². The predicted molar refractivity (Wildman–Crippen MR) is 110 cm³/mol. The third-order valence-corrected chi connectivity index (χ3v) is 5.83. The molecule has 1 aromatic heterocycles. The zero-order valence-electron chi connectivity index (χ0n) is 16.6. The lowest BCUT2D eigenvalue weighted by atomic mass is 10.1. The largest absolute Gasteiger partial charge is 0.295 e. The molecule has 3 aromatic rings. The summed E-state index contributed by atoms with van der Waals surface area (Å²) in [7, 11) is 0. The second-order valence-electron chi connectivity index (χ2n) is 7.43. The summed E-state index contributed by atoms with van der Waals surface area (Å²) in [5.41, 5.74) is 2.39. The highest BCUT2D eigenvalue weighted by Crippen LogP contribution is 2.27. The Kier molecular flexibility index (Phi) is 5.78. The van der Waals surface area contributed by atoms with E-state index in [0.717, 1.165) is 37.7 Å². The van der Waals surface area contributed by atoms with Crippen LogP contribution in [-0.2, 0) is 6.54 Å². The summed E-state index contributed by atoms with van der Waals surface area (Å²) in [5.74, 6) is 0.891. The van der Waals surface area contributed by atoms with Crippen molar-refractivity contribution < 1.29 is 0 Å². The van der Waals surface area contributed by atoms with Gasteiger partial charge in [0.2, 0.25) is 0 Å². The van der Waals surface area contributed by atoms with Crippen LogP contribution >= 0.6 is 0 Å². The van der Waals surface area contributed by atoms with Gasteiger partial charge in [-0.2, -0.15) is 4.68 Å². The van der Waals surface area contributed by atoms with Crippen LogP contribution < -0.4 is 0 Å². The first-order chi connectivity index (χ1) is 13.8. The summed E-state index contributed by atoms with van der Waals surface area (Å²) >= 11 is 0. The third kappa shape index (κ3) is 3.98. The van der Waals surface area contributed by atoms with Crippen molar-refractivity contribution in [3.05, 3.63) is 72.1 Å². The van der Waals surface area contributed by atoms with Gasteiger partial charge in [0.1, 0.15) is 0 Å². The Labute approximate surface area is 166 Å². The number of rotatable bonds is 7. The van der Waals surface area contributed by atoms with Crippen LogP contribution in [-0.4, -0.2) is 55.7 Å². The van der Waals surface area contributed by atoms with Gasteiger partial charge in [-0.1, -0.05) is 55.5 Å². The summed E-state index contributed by atoms with van der Waals surface area (Å²) in [5, 5.41) is 12.4. The molecule has 1 aliphatic rings. The van der Waals surface area contributed by atoms with Crippen molar-refractivity contribution in [2.45, 2.75) is 38.9 Å². The van der Waals surface area contributed by atoms with Gasteiger partial charge in [0.05, 0.1) is 12.2 Å². The molecule has 4 rings (SSSR count). The first-order valence-electron chi connectivity index (χ1n) is 10.1. The molecule has 0 aliphatic carbocycles. The van der Waals surface area contributed by atoms with E-state index in [0.29, 0.717) is 12.1 Å². The minimum absolute atomic E-state index is 0.444. The van der Waals surface area contributed by atoms with Crippen molar-refractivity contribution >= 4 is 0 Å². The number of para-hydroxylation sites is 1. The van der Waals surface area contributed by atoms with E-state index in [2.05, 4.69) is 69.5 Å². The van der Waals surface area contributed by atoms with E-state index in [1.807, 2.05) is 35.0 Å². The Morgan fingerprint density at radius 3 is 2.50 bits per heavy atom. The molecule has 2 unspecified atom stereocenters. The van der Waals surface area contributed by atoms with Gasteiger partial charge < -0.3 is 0 Å². The van der Waals surface area contributed by atoms with Gasteiger partial charge in [-0.15, -0.1) is 5.10 Å². The minimum Gasteiger partial charge on any atom is -0.295 e. The standard InChI is InChI=1S/C22H28N6/c1-3-26(17-22-23-24-25-28(22)20-12-8-5-9-13-20)21-14-15-27(16-21)18(2)19-10-6-4-7-11-19/h4-13,18,21H,3,14-17H2,1-2H3. The van der Waals surface area contributed by atoms with Crippen LogP contribution in [0.25, 0.3) is 5.69 Å². The minimum atomic E-state index is 0.444. The highest BCUT2D eigenvalue weighted by atomic mass is 15.5. The van der Waals surface area contributed by atoms with Crippen molar-refractivity contribution in [2.75, 3.05) is 19.6 Å². The van der Waals surface area contributed by atoms with Gasteiger partial charge >= 0.3 is 0 Å². The van der Waals surface area contributed by atoms with E-state index in [1.54, 1.807) is 0 Å². The van der Waals surface area contributed by atoms with Crippen LogP contribution in [0.3, 0.4) is 0 Å². The molecule has 146 valence electrons. The first kappa shape index (κ1) is 18.8. The number of hydrogen-bond donors (Lipinski definition) is 0. The molecule has 6 heteroatoms. The number of hydrogen-bond acceptors (Lipinski definition) is 5. The summed E-state index contributed by atoms with van der Waals surface area (Å²) in [4.78, 5) is 5.09. The first-order valence-corrected chi connectivity index (χ1v) is 10.1. The fourth-order valence-electron chi connectivity index (χ4n) is 4.12. The number of likely N-dealkylation sites (tertiary alicyclic amines) is 1. The molecule has 0 saturated carbocycles. The smallest absolute Gasteiger partial charge is 0.170 e. The molecule has 1 fully saturated rings. The molecule has 0 bridgehead atoms. The zero-order valence-corrected chi connectivity index (χ0v) is 16.6. The van der Waals surface area contributed by atoms with Crippen molar-refractivity contribution in [3.8, 4) is 5.69 Å². The maximum atomic E-state index is 4.30. The Hall–Kier alpha value is -2.57. The molecule has 2 aromatic carbocycles. The SMILES string of the molecule is CCN(Cc1nnnn1-c1ccccc1)C1CCN(C(C)c2ccccc2)C1. The molecular formula is C22H28N6. The molecule has 6 nitrogen and oxygen atoms in total. The van der Waals surface area contributed by atoms with Crippen LogP contribution in [0.4, 0.5) is 0 Å². The second-order valence-corrected chi connectivity index (χ2v) is 7.43. The molecule has 0 radical (unpaired) electrons. The number of tetrazole rings is 1. The lowest BCUT2D eigenvalue weighted by Gasteiger charge is -2.29. The van der Waals surface area contributed by atoms with Crippen LogP contribution in [0, 0.1) is 0 Å². The Morgan fingerprint density at radius 1 is 1.07 bits per heavy atom. The topological polar surface area (TPSA) is 50.1 Å². The molecule has 1 aliphatic heterocycles. The van der Waals surface area contributed by atoms with Crippen LogP contribution in [0.15, 0.2) is 60.7 Å². The van der Waals surface area contributed by atoms with Crippen LogP contribution in [0.5, 0.6) is 0 Å². The zero-order chi connectivity index (χ0) is 19.3. The van der Waals surface area contributed by atoms with Gasteiger partial charge in [0.15, 0.2) is 5.82 Å². The average molecular weight is 377 g/mol. The van der Waals surface area contributed by atoms with Gasteiger partial charge in [0.25, 0.3) is 0 Å². The number of nitrogens with zero attached hydrogens (tertiary/aromatic N) is 6. The number of benzene rings is 2. The third-order valence-electron chi connectivity index (χ3n) is 5.83. The fourth-order valence-corrected chi connectivity index (χ4v) is 4.12. The molecule has 0 amide bonds. The van der Waals surface area contributed by atoms with Crippen molar-refractivity contribution in [3.63, 3.8) is 0 Å². The highest BCUT2D eigenvalue weighted by Gasteiger charge is 2.30. The molecule has 2 heterocycles. The van der Waals surface area contributed by atoms with Gasteiger partial charge in [-0.25, -0.2) is 0 Å². The second kappa shape index (κ2) is 8.63. The van der Waals surface area contributed by atoms with Gasteiger partial charge in [-0.05, 0) is 48.0 Å². The summed E-state index contributed by atoms with van der Waals surface area (Å²) in [6.45, 7) is 8.48. The van der Waals surface area contributed by atoms with E-state index in [-0.39, 0.29) is 0 Å². The van der Waals surface area contributed by atoms with E-state index in [1.165, 1.54) is 12.0 Å². The predicted octanol–water partition coefficient (Wildman–Crippen LogP) is 3.32. The molecule has 2 atom stereocenters. The van der Waals surface area contributed by atoms with Gasteiger partial charge in [0, 0.05) is 25.2 Å². The average Bonchev–Trinajstić information content (AvgIpc) is 3.42. The molecule has 0 spiro atoms. The van der Waals surface area contributed by atoms with Crippen molar-refractivity contribution in [2.24, 2.45) is 0 Å². The maximum absolute atomic E-state index is 4.30. The summed E-state index contributed by atoms with van der Waals surface area (Å²) in [6, 6.07) is 21.9. The van der Waals surface area contributed by atoms with E-state index in [4.69, 9.17) is 0 Å². The van der Waals surface area contributed by atoms with Crippen molar-refractivity contribution in [1.29, 1.82) is 0 Å². The number of likely N-dealkylation sites (N-methyl/N-ethyl adjacent to an activating group) is 1. The van der Waals surface area contributed by atoms with Crippen molar-refractivity contribution in [1.82, 2.24) is 30.0 Å². The van der Waals surface area contributed by atoms with Crippen LogP contribution in [0.2, 0.25) is 0 Å². The molecule has 28 heavy (non-hydrogen) atoms. The summed E-state index contributed by atoms with van der Waals surface area (Å²) < 4.78 is 1.85. The Balaban J connectivity index is 1.44. The normalized spacial score (nSPS) is 18.6. The fraction of sp³-hybridized carbons (Fsp3) is 0.409. The molecular weight excluding hydrogens is 348 g/mol. The molecule has 1 saturated heterocycles. The maximum Gasteiger partial charge on any atom is 0.170 e. The highest BCUT2D eigenvalue weighted by molar-refractivity contribution is 5.30.